The molecule has 2 aromatic rings. The highest BCUT2D eigenvalue weighted by Crippen LogP contribution is 2.27. The Labute approximate surface area is 96.3 Å². The van der Waals surface area contributed by atoms with Gasteiger partial charge in [-0.25, -0.2) is 4.39 Å². The van der Waals surface area contributed by atoms with Gasteiger partial charge in [0, 0.05) is 5.69 Å². The van der Waals surface area contributed by atoms with Crippen LogP contribution in [-0.2, 0) is 0 Å². The zero-order valence-electron chi connectivity index (χ0n) is 8.49. The van der Waals surface area contributed by atoms with Gasteiger partial charge in [0.05, 0.1) is 5.69 Å². The van der Waals surface area contributed by atoms with Gasteiger partial charge in [-0.3, -0.25) is 0 Å². The molecule has 1 aromatic carbocycles. The molecule has 0 unspecified atom stereocenters. The highest BCUT2D eigenvalue weighted by atomic mass is 32.1. The Morgan fingerprint density at radius 2 is 2.06 bits per heavy atom. The molecular formula is C11H8FN3S. The first-order chi connectivity index (χ1) is 7.70. The Balaban J connectivity index is 2.27. The van der Waals surface area contributed by atoms with Crippen LogP contribution >= 0.6 is 11.5 Å². The second kappa shape index (κ2) is 4.29. The molecule has 0 aliphatic heterocycles. The number of aryl methyl sites for hydroxylation is 1. The van der Waals surface area contributed by atoms with Crippen LogP contribution in [-0.4, -0.2) is 4.37 Å². The number of nitrogens with zero attached hydrogens (tertiary/aromatic N) is 2. The third kappa shape index (κ3) is 2.02. The fraction of sp³-hybridized carbons (Fsp3) is 0.0909. The van der Waals surface area contributed by atoms with Gasteiger partial charge in [-0.05, 0) is 42.7 Å². The molecule has 0 radical (unpaired) electrons. The van der Waals surface area contributed by atoms with Gasteiger partial charge in [0.1, 0.15) is 22.5 Å². The molecule has 16 heavy (non-hydrogen) atoms. The van der Waals surface area contributed by atoms with E-state index >= 15 is 0 Å². The molecule has 5 heteroatoms. The minimum absolute atomic E-state index is 0.286. The third-order valence-corrected chi connectivity index (χ3v) is 2.93. The minimum Gasteiger partial charge on any atom is -0.345 e. The van der Waals surface area contributed by atoms with Crippen LogP contribution in [0.25, 0.3) is 0 Å². The quantitative estimate of drug-likeness (QED) is 0.866. The van der Waals surface area contributed by atoms with Gasteiger partial charge in [-0.15, -0.1) is 0 Å². The average Bonchev–Trinajstić information content (AvgIpc) is 2.63. The maximum Gasteiger partial charge on any atom is 0.132 e. The lowest BCUT2D eigenvalue weighted by atomic mass is 10.2. The smallest absolute Gasteiger partial charge is 0.132 e. The summed E-state index contributed by atoms with van der Waals surface area (Å²) in [5.41, 5.74) is 1.98. The van der Waals surface area contributed by atoms with Crippen LogP contribution in [0.1, 0.15) is 11.3 Å². The molecule has 0 spiro atoms. The predicted octanol–water partition coefficient (Wildman–Crippen LogP) is 3.21. The van der Waals surface area contributed by atoms with Crippen molar-refractivity contribution in [3.05, 3.63) is 41.3 Å². The molecule has 0 bridgehead atoms. The van der Waals surface area contributed by atoms with Gasteiger partial charge < -0.3 is 5.32 Å². The summed E-state index contributed by atoms with van der Waals surface area (Å²) in [6.45, 7) is 1.78. The van der Waals surface area contributed by atoms with Crippen molar-refractivity contribution >= 4 is 22.2 Å². The van der Waals surface area contributed by atoms with Gasteiger partial charge in [0.2, 0.25) is 0 Å². The number of nitriles is 1. The maximum absolute atomic E-state index is 12.7. The first-order valence-electron chi connectivity index (χ1n) is 4.59. The molecule has 0 aliphatic rings. The predicted molar refractivity (Wildman–Crippen MR) is 61.2 cm³/mol. The van der Waals surface area contributed by atoms with Crippen molar-refractivity contribution in [2.45, 2.75) is 6.92 Å². The van der Waals surface area contributed by atoms with Gasteiger partial charge >= 0.3 is 0 Å². The van der Waals surface area contributed by atoms with Crippen LogP contribution in [0.5, 0.6) is 0 Å². The molecule has 0 aliphatic carbocycles. The minimum atomic E-state index is -0.286. The second-order valence-electron chi connectivity index (χ2n) is 3.22. The number of benzene rings is 1. The summed E-state index contributed by atoms with van der Waals surface area (Å²) >= 11 is 1.22. The van der Waals surface area contributed by atoms with E-state index in [1.807, 2.05) is 0 Å². The monoisotopic (exact) mass is 233 g/mol. The van der Waals surface area contributed by atoms with Gasteiger partial charge in [-0.2, -0.15) is 9.64 Å². The normalized spacial score (nSPS) is 9.81. The highest BCUT2D eigenvalue weighted by Gasteiger charge is 2.09. The standard InChI is InChI=1S/C11H8FN3S/c1-7-10(6-13)11(16-15-7)14-9-4-2-8(12)3-5-9/h2-5,14H,1H3. The molecular weight excluding hydrogens is 225 g/mol. The lowest BCUT2D eigenvalue weighted by Gasteiger charge is -2.02. The summed E-state index contributed by atoms with van der Waals surface area (Å²) in [4.78, 5) is 0. The van der Waals surface area contributed by atoms with E-state index in [9.17, 15) is 4.39 Å². The lowest BCUT2D eigenvalue weighted by Crippen LogP contribution is -1.90. The fourth-order valence-corrected chi connectivity index (χ4v) is 2.02. The number of anilines is 2. The largest absolute Gasteiger partial charge is 0.345 e. The summed E-state index contributed by atoms with van der Waals surface area (Å²) in [5.74, 6) is -0.286. The van der Waals surface area contributed by atoms with E-state index in [1.54, 1.807) is 19.1 Å². The Kier molecular flexibility index (Phi) is 2.84. The highest BCUT2D eigenvalue weighted by molar-refractivity contribution is 7.10. The summed E-state index contributed by atoms with van der Waals surface area (Å²) < 4.78 is 16.8. The van der Waals surface area contributed by atoms with Crippen LogP contribution in [0.15, 0.2) is 24.3 Å². The van der Waals surface area contributed by atoms with Crippen molar-refractivity contribution in [2.24, 2.45) is 0 Å². The van der Waals surface area contributed by atoms with Crippen LogP contribution in [0.4, 0.5) is 15.1 Å². The van der Waals surface area contributed by atoms with E-state index in [4.69, 9.17) is 5.26 Å². The van der Waals surface area contributed by atoms with E-state index in [2.05, 4.69) is 15.8 Å². The van der Waals surface area contributed by atoms with Crippen molar-refractivity contribution in [3.63, 3.8) is 0 Å². The van der Waals surface area contributed by atoms with Crippen LogP contribution < -0.4 is 5.32 Å². The third-order valence-electron chi connectivity index (χ3n) is 2.08. The molecule has 1 N–H and O–H groups in total. The van der Waals surface area contributed by atoms with E-state index < -0.39 is 0 Å². The van der Waals surface area contributed by atoms with E-state index in [0.717, 1.165) is 5.69 Å². The molecule has 0 saturated carbocycles. The Hall–Kier alpha value is -1.93. The van der Waals surface area contributed by atoms with Crippen molar-refractivity contribution in [2.75, 3.05) is 5.32 Å². The molecule has 1 aromatic heterocycles. The summed E-state index contributed by atoms with van der Waals surface area (Å²) in [6, 6.07) is 8.05. The van der Waals surface area contributed by atoms with Crippen molar-refractivity contribution < 1.29 is 4.39 Å². The summed E-state index contributed by atoms with van der Waals surface area (Å²) in [7, 11) is 0. The summed E-state index contributed by atoms with van der Waals surface area (Å²) in [5, 5.41) is 12.7. The van der Waals surface area contributed by atoms with Crippen molar-refractivity contribution in [1.29, 1.82) is 5.26 Å². The Morgan fingerprint density at radius 3 is 2.69 bits per heavy atom. The zero-order valence-corrected chi connectivity index (χ0v) is 9.31. The fourth-order valence-electron chi connectivity index (χ4n) is 1.25. The molecule has 0 saturated heterocycles. The molecule has 0 atom stereocenters. The van der Waals surface area contributed by atoms with Gasteiger partial charge in [-0.1, -0.05) is 0 Å². The SMILES string of the molecule is Cc1nsc(Nc2ccc(F)cc2)c1C#N. The van der Waals surface area contributed by atoms with Crippen molar-refractivity contribution in [3.8, 4) is 6.07 Å². The van der Waals surface area contributed by atoms with Crippen molar-refractivity contribution in [1.82, 2.24) is 4.37 Å². The number of nitrogens with one attached hydrogen (secondary N) is 1. The molecule has 80 valence electrons. The number of aromatic nitrogens is 1. The lowest BCUT2D eigenvalue weighted by molar-refractivity contribution is 0.628. The number of rotatable bonds is 2. The zero-order chi connectivity index (χ0) is 11.5. The molecule has 2 rings (SSSR count). The van der Waals surface area contributed by atoms with Gasteiger partial charge in [0.15, 0.2) is 0 Å². The van der Waals surface area contributed by atoms with Crippen LogP contribution in [0.3, 0.4) is 0 Å². The maximum atomic E-state index is 12.7. The van der Waals surface area contributed by atoms with E-state index in [-0.39, 0.29) is 5.82 Å². The molecule has 0 fully saturated rings. The van der Waals surface area contributed by atoms with Gasteiger partial charge in [0.25, 0.3) is 0 Å². The van der Waals surface area contributed by atoms with E-state index in [0.29, 0.717) is 16.3 Å². The number of hydrogen-bond donors (Lipinski definition) is 1. The molecule has 3 nitrogen and oxygen atoms in total. The van der Waals surface area contributed by atoms with Crippen LogP contribution in [0.2, 0.25) is 0 Å². The Morgan fingerprint density at radius 1 is 1.38 bits per heavy atom. The summed E-state index contributed by atoms with van der Waals surface area (Å²) in [6.07, 6.45) is 0. The molecule has 0 amide bonds. The first-order valence-corrected chi connectivity index (χ1v) is 5.37. The second-order valence-corrected chi connectivity index (χ2v) is 3.99. The first kappa shape index (κ1) is 10.6. The van der Waals surface area contributed by atoms with Crippen LogP contribution in [0, 0.1) is 24.1 Å². The Bertz CT molecular complexity index is 539. The van der Waals surface area contributed by atoms with E-state index in [1.165, 1.54) is 23.7 Å². The topological polar surface area (TPSA) is 48.7 Å². The average molecular weight is 233 g/mol. The molecule has 1 heterocycles. The number of halogens is 1. The number of hydrogen-bond acceptors (Lipinski definition) is 4.